The quantitative estimate of drug-likeness (QED) is 0.383. The number of aromatic nitrogens is 4. The molecule has 0 aliphatic carbocycles. The Morgan fingerprint density at radius 2 is 1.79 bits per heavy atom. The van der Waals surface area contributed by atoms with Crippen molar-refractivity contribution in [1.82, 2.24) is 19.2 Å². The van der Waals surface area contributed by atoms with Crippen molar-refractivity contribution in [3.8, 4) is 5.69 Å². The second kappa shape index (κ2) is 8.16. The first kappa shape index (κ1) is 18.7. The first-order chi connectivity index (χ1) is 13.7. The summed E-state index contributed by atoms with van der Waals surface area (Å²) in [6.07, 6.45) is 2.79. The fourth-order valence-corrected chi connectivity index (χ4v) is 4.30. The maximum atomic E-state index is 13.3. The predicted octanol–water partition coefficient (Wildman–Crippen LogP) is 3.60. The summed E-state index contributed by atoms with van der Waals surface area (Å²) in [7, 11) is 0. The van der Waals surface area contributed by atoms with Crippen LogP contribution in [0.5, 0.6) is 0 Å². The van der Waals surface area contributed by atoms with Crippen molar-refractivity contribution in [3.63, 3.8) is 0 Å². The monoisotopic (exact) mass is 394 g/mol. The average Bonchev–Trinajstić information content (AvgIpc) is 3.13. The lowest BCUT2D eigenvalue weighted by Gasteiger charge is -2.13. The second-order valence-corrected chi connectivity index (χ2v) is 7.76. The van der Waals surface area contributed by atoms with Crippen LogP contribution in [0.1, 0.15) is 24.8 Å². The van der Waals surface area contributed by atoms with Gasteiger partial charge in [-0.1, -0.05) is 48.5 Å². The molecule has 0 spiro atoms. The molecule has 0 radical (unpaired) electrons. The van der Waals surface area contributed by atoms with Gasteiger partial charge in [-0.25, -0.2) is 4.57 Å². The SMILES string of the molecule is Cc1ccccc1-n1c(=O)c2ccccc2n2c(SCCCCCO)nnc12. The lowest BCUT2D eigenvalue weighted by Crippen LogP contribution is -2.22. The number of aliphatic hydroxyl groups excluding tert-OH is 1. The second-order valence-electron chi connectivity index (χ2n) is 6.69. The van der Waals surface area contributed by atoms with Crippen molar-refractivity contribution in [2.75, 3.05) is 12.4 Å². The lowest BCUT2D eigenvalue weighted by atomic mass is 10.2. The van der Waals surface area contributed by atoms with Crippen molar-refractivity contribution in [3.05, 3.63) is 64.4 Å². The molecule has 28 heavy (non-hydrogen) atoms. The van der Waals surface area contributed by atoms with Crippen LogP contribution in [0.4, 0.5) is 0 Å². The van der Waals surface area contributed by atoms with Gasteiger partial charge < -0.3 is 5.11 Å². The standard InChI is InChI=1S/C21H22N4O2S/c1-15-9-3-5-11-17(15)24-19(27)16-10-4-6-12-18(16)25-20(24)22-23-21(25)28-14-8-2-7-13-26/h3-6,9-12,26H,2,7-8,13-14H2,1H3. The highest BCUT2D eigenvalue weighted by molar-refractivity contribution is 7.99. The van der Waals surface area contributed by atoms with Gasteiger partial charge in [0.15, 0.2) is 5.16 Å². The minimum Gasteiger partial charge on any atom is -0.396 e. The fraction of sp³-hybridized carbons (Fsp3) is 0.286. The zero-order chi connectivity index (χ0) is 19.5. The summed E-state index contributed by atoms with van der Waals surface area (Å²) in [6, 6.07) is 15.4. The normalized spacial score (nSPS) is 11.5. The highest BCUT2D eigenvalue weighted by Gasteiger charge is 2.18. The molecule has 0 saturated heterocycles. The van der Waals surface area contributed by atoms with Crippen LogP contribution in [-0.4, -0.2) is 36.6 Å². The van der Waals surface area contributed by atoms with Gasteiger partial charge in [0, 0.05) is 12.4 Å². The molecule has 2 aromatic heterocycles. The van der Waals surface area contributed by atoms with Gasteiger partial charge in [-0.15, -0.1) is 10.2 Å². The molecule has 2 aromatic carbocycles. The highest BCUT2D eigenvalue weighted by atomic mass is 32.2. The Hall–Kier alpha value is -2.64. The molecule has 6 nitrogen and oxygen atoms in total. The molecular formula is C21H22N4O2S. The fourth-order valence-electron chi connectivity index (χ4n) is 3.36. The molecule has 4 rings (SSSR count). The molecule has 0 bridgehead atoms. The number of unbranched alkanes of at least 4 members (excludes halogenated alkanes) is 2. The zero-order valence-electron chi connectivity index (χ0n) is 15.7. The maximum absolute atomic E-state index is 13.3. The minimum atomic E-state index is -0.0932. The summed E-state index contributed by atoms with van der Waals surface area (Å²) >= 11 is 1.63. The van der Waals surface area contributed by atoms with Crippen molar-refractivity contribution in [2.45, 2.75) is 31.3 Å². The summed E-state index contributed by atoms with van der Waals surface area (Å²) in [4.78, 5) is 13.3. The molecule has 0 amide bonds. The molecule has 0 atom stereocenters. The van der Waals surface area contributed by atoms with Crippen LogP contribution in [-0.2, 0) is 0 Å². The Morgan fingerprint density at radius 1 is 1.00 bits per heavy atom. The van der Waals surface area contributed by atoms with Gasteiger partial charge in [-0.05, 0) is 43.5 Å². The van der Waals surface area contributed by atoms with Crippen LogP contribution in [0.3, 0.4) is 0 Å². The molecular weight excluding hydrogens is 372 g/mol. The van der Waals surface area contributed by atoms with Crippen LogP contribution in [0.15, 0.2) is 58.5 Å². The number of para-hydroxylation sites is 2. The topological polar surface area (TPSA) is 72.4 Å². The van der Waals surface area contributed by atoms with Crippen LogP contribution < -0.4 is 5.56 Å². The van der Waals surface area contributed by atoms with Crippen LogP contribution >= 0.6 is 11.8 Å². The number of aryl methyl sites for hydroxylation is 1. The number of thioether (sulfide) groups is 1. The molecule has 1 N–H and O–H groups in total. The molecule has 7 heteroatoms. The minimum absolute atomic E-state index is 0.0932. The Morgan fingerprint density at radius 3 is 2.61 bits per heavy atom. The van der Waals surface area contributed by atoms with Gasteiger partial charge in [-0.2, -0.15) is 0 Å². The average molecular weight is 395 g/mol. The zero-order valence-corrected chi connectivity index (χ0v) is 16.5. The molecule has 0 unspecified atom stereocenters. The van der Waals surface area contributed by atoms with Crippen LogP contribution in [0.25, 0.3) is 22.4 Å². The van der Waals surface area contributed by atoms with E-state index >= 15 is 0 Å². The van der Waals surface area contributed by atoms with E-state index in [-0.39, 0.29) is 12.2 Å². The number of aliphatic hydroxyl groups is 1. The van der Waals surface area contributed by atoms with Crippen molar-refractivity contribution in [2.24, 2.45) is 0 Å². The van der Waals surface area contributed by atoms with Crippen molar-refractivity contribution < 1.29 is 5.11 Å². The summed E-state index contributed by atoms with van der Waals surface area (Å²) in [6.45, 7) is 2.21. The number of hydrogen-bond acceptors (Lipinski definition) is 5. The van der Waals surface area contributed by atoms with Gasteiger partial charge in [-0.3, -0.25) is 9.20 Å². The van der Waals surface area contributed by atoms with E-state index < -0.39 is 0 Å². The van der Waals surface area contributed by atoms with Crippen LogP contribution in [0, 0.1) is 6.92 Å². The van der Waals surface area contributed by atoms with E-state index in [0.29, 0.717) is 11.2 Å². The van der Waals surface area contributed by atoms with Crippen molar-refractivity contribution in [1.29, 1.82) is 0 Å². The third kappa shape index (κ3) is 3.31. The summed E-state index contributed by atoms with van der Waals surface area (Å²) in [5.74, 6) is 1.41. The molecule has 0 aliphatic heterocycles. The number of rotatable bonds is 7. The van der Waals surface area contributed by atoms with Gasteiger partial charge in [0.25, 0.3) is 5.56 Å². The Kier molecular flexibility index (Phi) is 5.45. The van der Waals surface area contributed by atoms with E-state index in [9.17, 15) is 4.79 Å². The molecule has 0 aliphatic rings. The molecule has 4 aromatic rings. The molecule has 144 valence electrons. The lowest BCUT2D eigenvalue weighted by molar-refractivity contribution is 0.284. The Labute approximate surface area is 166 Å². The third-order valence-corrected chi connectivity index (χ3v) is 5.80. The van der Waals surface area contributed by atoms with Gasteiger partial charge >= 0.3 is 0 Å². The van der Waals surface area contributed by atoms with Gasteiger partial charge in [0.2, 0.25) is 5.78 Å². The smallest absolute Gasteiger partial charge is 0.267 e. The highest BCUT2D eigenvalue weighted by Crippen LogP contribution is 2.24. The van der Waals surface area contributed by atoms with E-state index in [1.54, 1.807) is 16.3 Å². The van der Waals surface area contributed by atoms with E-state index in [0.717, 1.165) is 46.9 Å². The Balaban J connectivity index is 1.89. The Bertz CT molecular complexity index is 1180. The number of fused-ring (bicyclic) bond motifs is 3. The first-order valence-corrected chi connectivity index (χ1v) is 10.4. The maximum Gasteiger partial charge on any atom is 0.267 e. The molecule has 0 fully saturated rings. The molecule has 2 heterocycles. The summed E-state index contributed by atoms with van der Waals surface area (Å²) in [5, 5.41) is 19.1. The van der Waals surface area contributed by atoms with E-state index in [1.807, 2.05) is 59.9 Å². The van der Waals surface area contributed by atoms with E-state index in [2.05, 4.69) is 10.2 Å². The third-order valence-electron chi connectivity index (χ3n) is 4.78. The summed E-state index contributed by atoms with van der Waals surface area (Å²) in [5.41, 5.74) is 2.54. The van der Waals surface area contributed by atoms with Gasteiger partial charge in [0.05, 0.1) is 16.6 Å². The predicted molar refractivity (Wildman–Crippen MR) is 112 cm³/mol. The number of nitrogens with zero attached hydrogens (tertiary/aromatic N) is 4. The molecule has 0 saturated carbocycles. The number of hydrogen-bond donors (Lipinski definition) is 1. The van der Waals surface area contributed by atoms with Gasteiger partial charge in [0.1, 0.15) is 0 Å². The van der Waals surface area contributed by atoms with Crippen LogP contribution in [0.2, 0.25) is 0 Å². The largest absolute Gasteiger partial charge is 0.396 e. The number of benzene rings is 2. The van der Waals surface area contributed by atoms with Crippen molar-refractivity contribution >= 4 is 28.4 Å². The summed E-state index contributed by atoms with van der Waals surface area (Å²) < 4.78 is 3.63. The van der Waals surface area contributed by atoms with E-state index in [1.165, 1.54) is 0 Å². The van der Waals surface area contributed by atoms with E-state index in [4.69, 9.17) is 5.11 Å². The first-order valence-electron chi connectivity index (χ1n) is 9.41.